The van der Waals surface area contributed by atoms with Crippen LogP contribution in [0.1, 0.15) is 17.3 Å². The molecule has 1 aromatic heterocycles. The predicted molar refractivity (Wildman–Crippen MR) is 54.1 cm³/mol. The minimum absolute atomic E-state index is 0.00444. The van der Waals surface area contributed by atoms with Crippen LogP contribution >= 0.6 is 0 Å². The molecular formula is C11H7FO4. The number of rotatable bonds is 1. The summed E-state index contributed by atoms with van der Waals surface area (Å²) in [5.41, 5.74) is -1.35. The summed E-state index contributed by atoms with van der Waals surface area (Å²) in [6.45, 7) is 1.12. The van der Waals surface area contributed by atoms with Gasteiger partial charge in [-0.05, 0) is 25.1 Å². The Labute approximate surface area is 88.9 Å². The smallest absolute Gasteiger partial charge is 0.351 e. The number of aromatic hydroxyl groups is 1. The van der Waals surface area contributed by atoms with E-state index in [1.165, 1.54) is 6.07 Å². The number of carbonyl (C=O) groups excluding carboxylic acids is 1. The van der Waals surface area contributed by atoms with Crippen molar-refractivity contribution in [3.63, 3.8) is 0 Å². The zero-order valence-corrected chi connectivity index (χ0v) is 8.28. The van der Waals surface area contributed by atoms with Crippen LogP contribution in [0.15, 0.2) is 27.4 Å². The van der Waals surface area contributed by atoms with Crippen molar-refractivity contribution in [2.24, 2.45) is 0 Å². The van der Waals surface area contributed by atoms with Crippen LogP contribution < -0.4 is 5.63 Å². The highest BCUT2D eigenvalue weighted by molar-refractivity contribution is 6.01. The normalized spacial score (nSPS) is 10.6. The summed E-state index contributed by atoms with van der Waals surface area (Å²) < 4.78 is 17.7. The fourth-order valence-electron chi connectivity index (χ4n) is 1.47. The van der Waals surface area contributed by atoms with Crippen molar-refractivity contribution in [1.29, 1.82) is 0 Å². The molecule has 0 saturated carbocycles. The van der Waals surface area contributed by atoms with E-state index < -0.39 is 28.5 Å². The number of halogens is 1. The molecule has 2 aromatic rings. The Kier molecular flexibility index (Phi) is 2.23. The largest absolute Gasteiger partial charge is 0.506 e. The van der Waals surface area contributed by atoms with Crippen molar-refractivity contribution in [3.05, 3.63) is 40.0 Å². The lowest BCUT2D eigenvalue weighted by Crippen LogP contribution is -2.11. The average Bonchev–Trinajstić information content (AvgIpc) is 2.19. The Hall–Kier alpha value is -2.17. The maximum atomic E-state index is 12.9. The van der Waals surface area contributed by atoms with Crippen LogP contribution in [0.4, 0.5) is 4.39 Å². The van der Waals surface area contributed by atoms with E-state index in [1.54, 1.807) is 0 Å². The van der Waals surface area contributed by atoms with E-state index in [0.29, 0.717) is 0 Å². The highest BCUT2D eigenvalue weighted by Crippen LogP contribution is 2.26. The average molecular weight is 222 g/mol. The first-order chi connectivity index (χ1) is 7.50. The molecule has 0 aliphatic heterocycles. The molecule has 0 amide bonds. The molecule has 0 fully saturated rings. The fourth-order valence-corrected chi connectivity index (χ4v) is 1.47. The van der Waals surface area contributed by atoms with Gasteiger partial charge in [-0.1, -0.05) is 0 Å². The van der Waals surface area contributed by atoms with Gasteiger partial charge < -0.3 is 9.52 Å². The SMILES string of the molecule is CC(=O)c1c(O)c2cc(F)ccc2oc1=O. The highest BCUT2D eigenvalue weighted by Gasteiger charge is 2.17. The molecule has 1 N–H and O–H groups in total. The first-order valence-electron chi connectivity index (χ1n) is 4.47. The second-order valence-corrected chi connectivity index (χ2v) is 3.31. The highest BCUT2D eigenvalue weighted by atomic mass is 19.1. The molecule has 0 saturated heterocycles. The van der Waals surface area contributed by atoms with Crippen molar-refractivity contribution in [1.82, 2.24) is 0 Å². The summed E-state index contributed by atoms with van der Waals surface area (Å²) in [6, 6.07) is 3.31. The molecule has 1 heterocycles. The van der Waals surface area contributed by atoms with Gasteiger partial charge in [0.2, 0.25) is 0 Å². The van der Waals surface area contributed by atoms with Gasteiger partial charge >= 0.3 is 5.63 Å². The molecule has 1 aromatic carbocycles. The molecule has 16 heavy (non-hydrogen) atoms. The number of ketones is 1. The van der Waals surface area contributed by atoms with E-state index in [4.69, 9.17) is 4.42 Å². The number of carbonyl (C=O) groups is 1. The van der Waals surface area contributed by atoms with E-state index in [1.807, 2.05) is 0 Å². The molecule has 0 bridgehead atoms. The first-order valence-corrected chi connectivity index (χ1v) is 4.47. The van der Waals surface area contributed by atoms with Gasteiger partial charge in [0.1, 0.15) is 22.7 Å². The Balaban J connectivity index is 2.96. The molecule has 0 radical (unpaired) electrons. The molecule has 0 unspecified atom stereocenters. The quantitative estimate of drug-likeness (QED) is 0.590. The van der Waals surface area contributed by atoms with Gasteiger partial charge in [0.15, 0.2) is 5.78 Å². The van der Waals surface area contributed by atoms with Crippen molar-refractivity contribution in [2.75, 3.05) is 0 Å². The topological polar surface area (TPSA) is 67.5 Å². The fraction of sp³-hybridized carbons (Fsp3) is 0.0909. The molecule has 4 nitrogen and oxygen atoms in total. The molecule has 82 valence electrons. The molecule has 0 spiro atoms. The standard InChI is InChI=1S/C11H7FO4/c1-5(13)9-10(14)7-4-6(12)2-3-8(7)16-11(9)15/h2-4,14H,1H3. The van der Waals surface area contributed by atoms with E-state index in [0.717, 1.165) is 19.1 Å². The summed E-state index contributed by atoms with van der Waals surface area (Å²) in [6.07, 6.45) is 0. The summed E-state index contributed by atoms with van der Waals surface area (Å²) in [4.78, 5) is 22.4. The maximum absolute atomic E-state index is 12.9. The van der Waals surface area contributed by atoms with Gasteiger partial charge in [0.25, 0.3) is 0 Å². The third-order valence-electron chi connectivity index (χ3n) is 2.19. The second kappa shape index (κ2) is 3.44. The molecular weight excluding hydrogens is 215 g/mol. The Bertz CT molecular complexity index is 642. The van der Waals surface area contributed by atoms with Crippen LogP contribution in [-0.4, -0.2) is 10.9 Å². The monoisotopic (exact) mass is 222 g/mol. The third-order valence-corrected chi connectivity index (χ3v) is 2.19. The van der Waals surface area contributed by atoms with Crippen LogP contribution in [0.2, 0.25) is 0 Å². The van der Waals surface area contributed by atoms with Crippen molar-refractivity contribution >= 4 is 16.8 Å². The van der Waals surface area contributed by atoms with E-state index in [9.17, 15) is 19.1 Å². The Morgan fingerprint density at radius 2 is 2.12 bits per heavy atom. The van der Waals surface area contributed by atoms with Gasteiger partial charge in [-0.2, -0.15) is 0 Å². The third kappa shape index (κ3) is 1.46. The molecule has 0 aliphatic carbocycles. The van der Waals surface area contributed by atoms with Crippen LogP contribution in [0.3, 0.4) is 0 Å². The van der Waals surface area contributed by atoms with E-state index >= 15 is 0 Å². The minimum atomic E-state index is -0.927. The molecule has 5 heteroatoms. The van der Waals surface area contributed by atoms with Crippen LogP contribution in [-0.2, 0) is 0 Å². The maximum Gasteiger partial charge on any atom is 0.351 e. The van der Waals surface area contributed by atoms with Gasteiger partial charge in [-0.15, -0.1) is 0 Å². The lowest BCUT2D eigenvalue weighted by atomic mass is 10.1. The predicted octanol–water partition coefficient (Wildman–Crippen LogP) is 1.84. The van der Waals surface area contributed by atoms with Crippen molar-refractivity contribution in [2.45, 2.75) is 6.92 Å². The number of Topliss-reactive ketones (excluding diaryl/α,β-unsaturated/α-hetero) is 1. The zero-order valence-electron chi connectivity index (χ0n) is 8.28. The minimum Gasteiger partial charge on any atom is -0.506 e. The van der Waals surface area contributed by atoms with Crippen molar-refractivity contribution < 1.29 is 18.7 Å². The Morgan fingerprint density at radius 3 is 2.75 bits per heavy atom. The first kappa shape index (κ1) is 10.4. The lowest BCUT2D eigenvalue weighted by molar-refractivity contribution is 0.101. The zero-order chi connectivity index (χ0) is 11.9. The van der Waals surface area contributed by atoms with Crippen molar-refractivity contribution in [3.8, 4) is 5.75 Å². The van der Waals surface area contributed by atoms with E-state index in [2.05, 4.69) is 0 Å². The molecule has 0 atom stereocenters. The lowest BCUT2D eigenvalue weighted by Gasteiger charge is -2.03. The molecule has 2 rings (SSSR count). The van der Waals surface area contributed by atoms with E-state index in [-0.39, 0.29) is 11.0 Å². The number of benzene rings is 1. The summed E-state index contributed by atoms with van der Waals surface area (Å²) in [7, 11) is 0. The number of fused-ring (bicyclic) bond motifs is 1. The van der Waals surface area contributed by atoms with Gasteiger partial charge in [-0.3, -0.25) is 4.79 Å². The summed E-state index contributed by atoms with van der Waals surface area (Å²) in [5, 5.41) is 9.68. The number of hydrogen-bond acceptors (Lipinski definition) is 4. The van der Waals surface area contributed by atoms with Crippen LogP contribution in [0.25, 0.3) is 11.0 Å². The molecule has 0 aliphatic rings. The van der Waals surface area contributed by atoms with Gasteiger partial charge in [-0.25, -0.2) is 9.18 Å². The van der Waals surface area contributed by atoms with Gasteiger partial charge in [0.05, 0.1) is 5.39 Å². The second-order valence-electron chi connectivity index (χ2n) is 3.31. The summed E-state index contributed by atoms with van der Waals surface area (Å²) in [5.74, 6) is -1.76. The number of hydrogen-bond donors (Lipinski definition) is 1. The van der Waals surface area contributed by atoms with Crippen LogP contribution in [0, 0.1) is 5.82 Å². The van der Waals surface area contributed by atoms with Crippen LogP contribution in [0.5, 0.6) is 5.75 Å². The Morgan fingerprint density at radius 1 is 1.44 bits per heavy atom. The summed E-state index contributed by atoms with van der Waals surface area (Å²) >= 11 is 0. The van der Waals surface area contributed by atoms with Gasteiger partial charge in [0, 0.05) is 0 Å².